The first kappa shape index (κ1) is 5.44. The van der Waals surface area contributed by atoms with Crippen molar-refractivity contribution in [2.24, 2.45) is 0 Å². The summed E-state index contributed by atoms with van der Waals surface area (Å²) in [7, 11) is 0. The van der Waals surface area contributed by atoms with E-state index in [0.717, 1.165) is 5.56 Å². The zero-order valence-corrected chi connectivity index (χ0v) is 5.33. The Balaban J connectivity index is 3.22. The Morgan fingerprint density at radius 1 is 1.75 bits per heavy atom. The van der Waals surface area contributed by atoms with Crippen molar-refractivity contribution in [1.82, 2.24) is 9.97 Å². The Hall–Kier alpha value is -0.700. The van der Waals surface area contributed by atoms with Gasteiger partial charge in [0, 0.05) is 12.4 Å². The summed E-state index contributed by atoms with van der Waals surface area (Å²) in [5.74, 6) is 0. The minimum atomic E-state index is 0.538. The van der Waals surface area contributed by atoms with Gasteiger partial charge in [0.25, 0.3) is 0 Å². The van der Waals surface area contributed by atoms with Crippen LogP contribution in [0.4, 0.5) is 0 Å². The van der Waals surface area contributed by atoms with Gasteiger partial charge in [-0.05, 0) is 24.7 Å². The van der Waals surface area contributed by atoms with Crippen molar-refractivity contribution in [2.75, 3.05) is 0 Å². The molecule has 1 rings (SSSR count). The number of nitrogens with one attached hydrogen (secondary N) is 1. The second kappa shape index (κ2) is 2.05. The zero-order chi connectivity index (χ0) is 5.98. The largest absolute Gasteiger partial charge is 0.337 e. The van der Waals surface area contributed by atoms with Gasteiger partial charge in [-0.25, -0.2) is 4.98 Å². The highest BCUT2D eigenvalue weighted by atomic mass is 32.1. The van der Waals surface area contributed by atoms with Crippen molar-refractivity contribution in [1.29, 1.82) is 0 Å². The van der Waals surface area contributed by atoms with Crippen LogP contribution in [0.2, 0.25) is 0 Å². The van der Waals surface area contributed by atoms with Crippen LogP contribution >= 0.6 is 12.2 Å². The van der Waals surface area contributed by atoms with Gasteiger partial charge >= 0.3 is 0 Å². The molecule has 0 saturated heterocycles. The van der Waals surface area contributed by atoms with Crippen LogP contribution in [0.15, 0.2) is 12.4 Å². The molecule has 0 fully saturated rings. The lowest BCUT2D eigenvalue weighted by molar-refractivity contribution is 1.10. The fourth-order valence-corrected chi connectivity index (χ4v) is 0.522. The predicted molar refractivity (Wildman–Crippen MR) is 34.2 cm³/mol. The first-order valence-electron chi connectivity index (χ1n) is 2.30. The number of aromatic amines is 1. The third kappa shape index (κ3) is 1.13. The van der Waals surface area contributed by atoms with E-state index in [1.807, 2.05) is 13.1 Å². The average molecular weight is 126 g/mol. The van der Waals surface area contributed by atoms with Crippen LogP contribution in [0.1, 0.15) is 5.56 Å². The summed E-state index contributed by atoms with van der Waals surface area (Å²) in [6.07, 6.45) is 3.56. The van der Waals surface area contributed by atoms with Gasteiger partial charge in [0.05, 0.1) is 0 Å². The highest BCUT2D eigenvalue weighted by Crippen LogP contribution is 1.86. The third-order valence-corrected chi connectivity index (χ3v) is 1.03. The fraction of sp³-hybridized carbons (Fsp3) is 0.200. The van der Waals surface area contributed by atoms with Gasteiger partial charge in [-0.3, -0.25) is 0 Å². The SMILES string of the molecule is Cc1cnc(=S)[nH]c1. The number of aromatic nitrogens is 2. The average Bonchev–Trinajstić information content (AvgIpc) is 1.77. The lowest BCUT2D eigenvalue weighted by Crippen LogP contribution is -1.79. The van der Waals surface area contributed by atoms with E-state index in [-0.39, 0.29) is 0 Å². The number of H-pyrrole nitrogens is 1. The van der Waals surface area contributed by atoms with Crippen molar-refractivity contribution in [3.8, 4) is 0 Å². The first-order chi connectivity index (χ1) is 3.79. The molecular weight excluding hydrogens is 120 g/mol. The topological polar surface area (TPSA) is 28.7 Å². The monoisotopic (exact) mass is 126 g/mol. The van der Waals surface area contributed by atoms with Crippen LogP contribution in [0.5, 0.6) is 0 Å². The smallest absolute Gasteiger partial charge is 0.196 e. The maximum absolute atomic E-state index is 4.70. The lowest BCUT2D eigenvalue weighted by Gasteiger charge is -1.85. The van der Waals surface area contributed by atoms with Crippen molar-refractivity contribution in [3.63, 3.8) is 0 Å². The van der Waals surface area contributed by atoms with E-state index in [2.05, 4.69) is 9.97 Å². The van der Waals surface area contributed by atoms with Gasteiger partial charge in [-0.2, -0.15) is 0 Å². The van der Waals surface area contributed by atoms with E-state index in [4.69, 9.17) is 12.2 Å². The quantitative estimate of drug-likeness (QED) is 0.533. The van der Waals surface area contributed by atoms with Crippen molar-refractivity contribution >= 4 is 12.2 Å². The van der Waals surface area contributed by atoms with Crippen molar-refractivity contribution < 1.29 is 0 Å². The Bertz CT molecular complexity index is 208. The molecule has 3 heteroatoms. The maximum atomic E-state index is 4.70. The minimum Gasteiger partial charge on any atom is -0.337 e. The molecule has 1 heterocycles. The molecule has 0 amide bonds. The van der Waals surface area contributed by atoms with Crippen LogP contribution in [0.3, 0.4) is 0 Å². The molecule has 0 radical (unpaired) electrons. The molecular formula is C5H6N2S. The molecule has 0 spiro atoms. The Labute approximate surface area is 52.6 Å². The standard InChI is InChI=1S/C5H6N2S/c1-4-2-6-5(8)7-3-4/h2-3H,1H3,(H,6,7,8). The van der Waals surface area contributed by atoms with Crippen LogP contribution < -0.4 is 0 Å². The minimum absolute atomic E-state index is 0.538. The van der Waals surface area contributed by atoms with Gasteiger partial charge < -0.3 is 4.98 Å². The number of hydrogen-bond donors (Lipinski definition) is 1. The number of aryl methyl sites for hydroxylation is 1. The van der Waals surface area contributed by atoms with E-state index in [1.165, 1.54) is 0 Å². The molecule has 0 aromatic carbocycles. The van der Waals surface area contributed by atoms with E-state index in [1.54, 1.807) is 6.20 Å². The van der Waals surface area contributed by atoms with Crippen molar-refractivity contribution in [2.45, 2.75) is 6.92 Å². The third-order valence-electron chi connectivity index (χ3n) is 0.809. The van der Waals surface area contributed by atoms with Crippen LogP contribution in [-0.4, -0.2) is 9.97 Å². The van der Waals surface area contributed by atoms with E-state index in [0.29, 0.717) is 4.77 Å². The predicted octanol–water partition coefficient (Wildman–Crippen LogP) is 1.45. The Morgan fingerprint density at radius 2 is 2.50 bits per heavy atom. The molecule has 0 unspecified atom stereocenters. The van der Waals surface area contributed by atoms with Gasteiger partial charge in [0.2, 0.25) is 0 Å². The second-order valence-corrected chi connectivity index (χ2v) is 1.98. The second-order valence-electron chi connectivity index (χ2n) is 1.60. The molecule has 2 nitrogen and oxygen atoms in total. The molecule has 1 aromatic rings. The van der Waals surface area contributed by atoms with Gasteiger partial charge in [-0.1, -0.05) is 0 Å². The Kier molecular flexibility index (Phi) is 1.39. The van der Waals surface area contributed by atoms with E-state index >= 15 is 0 Å². The summed E-state index contributed by atoms with van der Waals surface area (Å²) in [4.78, 5) is 6.64. The van der Waals surface area contributed by atoms with Crippen LogP contribution in [-0.2, 0) is 0 Å². The molecule has 0 aliphatic carbocycles. The zero-order valence-electron chi connectivity index (χ0n) is 4.51. The molecule has 42 valence electrons. The summed E-state index contributed by atoms with van der Waals surface area (Å²) >= 11 is 4.70. The molecule has 0 atom stereocenters. The Morgan fingerprint density at radius 3 is 2.88 bits per heavy atom. The first-order valence-corrected chi connectivity index (χ1v) is 2.71. The van der Waals surface area contributed by atoms with Crippen LogP contribution in [0, 0.1) is 11.7 Å². The molecule has 0 aliphatic heterocycles. The van der Waals surface area contributed by atoms with Crippen molar-refractivity contribution in [3.05, 3.63) is 22.7 Å². The van der Waals surface area contributed by atoms with E-state index < -0.39 is 0 Å². The van der Waals surface area contributed by atoms with Gasteiger partial charge in [-0.15, -0.1) is 0 Å². The summed E-state index contributed by atoms with van der Waals surface area (Å²) in [6, 6.07) is 0. The molecule has 8 heavy (non-hydrogen) atoms. The van der Waals surface area contributed by atoms with Gasteiger partial charge in [0.15, 0.2) is 4.77 Å². The van der Waals surface area contributed by atoms with Crippen LogP contribution in [0.25, 0.3) is 0 Å². The van der Waals surface area contributed by atoms with E-state index in [9.17, 15) is 0 Å². The van der Waals surface area contributed by atoms with Gasteiger partial charge in [0.1, 0.15) is 0 Å². The summed E-state index contributed by atoms with van der Waals surface area (Å²) in [5, 5.41) is 0. The molecule has 0 saturated carbocycles. The number of hydrogen-bond acceptors (Lipinski definition) is 2. The summed E-state index contributed by atoms with van der Waals surface area (Å²) < 4.78 is 0.538. The molecule has 0 aliphatic rings. The lowest BCUT2D eigenvalue weighted by atomic mass is 10.4. The molecule has 1 N–H and O–H groups in total. The molecule has 1 aromatic heterocycles. The normalized spacial score (nSPS) is 9.12. The highest BCUT2D eigenvalue weighted by molar-refractivity contribution is 7.71. The summed E-state index contributed by atoms with van der Waals surface area (Å²) in [5.41, 5.74) is 1.10. The highest BCUT2D eigenvalue weighted by Gasteiger charge is 1.77. The number of nitrogens with zero attached hydrogens (tertiary/aromatic N) is 1. The molecule has 0 bridgehead atoms. The fourth-order valence-electron chi connectivity index (χ4n) is 0.411. The maximum Gasteiger partial charge on any atom is 0.196 e. The summed E-state index contributed by atoms with van der Waals surface area (Å²) in [6.45, 7) is 1.96. The number of rotatable bonds is 0.